The zero-order valence-corrected chi connectivity index (χ0v) is 18.2. The first-order chi connectivity index (χ1) is 13.5. The Balaban J connectivity index is 1.44. The Labute approximate surface area is 176 Å². The molecule has 0 spiro atoms. The van der Waals surface area contributed by atoms with Crippen molar-refractivity contribution in [3.63, 3.8) is 0 Å². The number of hydrogen-bond acceptors (Lipinski definition) is 7. The van der Waals surface area contributed by atoms with Crippen molar-refractivity contribution in [1.82, 2.24) is 9.29 Å². The SMILES string of the molecule is O=S(=O)(c1ccc(SCc2cc3c(cc2Br)OCCO3)nc1)N1CCOCC1. The van der Waals surface area contributed by atoms with Crippen LogP contribution in [0, 0.1) is 0 Å². The lowest BCUT2D eigenvalue weighted by Crippen LogP contribution is -2.40. The quantitative estimate of drug-likeness (QED) is 0.601. The number of halogens is 1. The molecule has 28 heavy (non-hydrogen) atoms. The number of fused-ring (bicyclic) bond motifs is 1. The molecule has 2 aliphatic heterocycles. The van der Waals surface area contributed by atoms with Gasteiger partial charge in [0, 0.05) is 29.5 Å². The molecule has 1 aromatic carbocycles. The molecule has 0 radical (unpaired) electrons. The van der Waals surface area contributed by atoms with Gasteiger partial charge in [-0.25, -0.2) is 13.4 Å². The predicted octanol–water partition coefficient (Wildman–Crippen LogP) is 2.93. The summed E-state index contributed by atoms with van der Waals surface area (Å²) in [6, 6.07) is 7.22. The van der Waals surface area contributed by atoms with Crippen LogP contribution in [0.1, 0.15) is 5.56 Å². The minimum atomic E-state index is -3.52. The third-order valence-electron chi connectivity index (χ3n) is 4.40. The van der Waals surface area contributed by atoms with Gasteiger partial charge in [-0.2, -0.15) is 4.31 Å². The summed E-state index contributed by atoms with van der Waals surface area (Å²) in [6.07, 6.45) is 1.42. The van der Waals surface area contributed by atoms with E-state index in [1.807, 2.05) is 12.1 Å². The van der Waals surface area contributed by atoms with Crippen LogP contribution >= 0.6 is 27.7 Å². The number of thioether (sulfide) groups is 1. The predicted molar refractivity (Wildman–Crippen MR) is 109 cm³/mol. The fraction of sp³-hybridized carbons (Fsp3) is 0.389. The number of hydrogen-bond donors (Lipinski definition) is 0. The molecule has 0 aliphatic carbocycles. The van der Waals surface area contributed by atoms with Gasteiger partial charge in [0.15, 0.2) is 11.5 Å². The van der Waals surface area contributed by atoms with E-state index in [-0.39, 0.29) is 4.90 Å². The summed E-state index contributed by atoms with van der Waals surface area (Å²) in [4.78, 5) is 4.53. The molecular weight excluding hydrogens is 468 g/mol. The zero-order chi connectivity index (χ0) is 19.6. The van der Waals surface area contributed by atoms with Gasteiger partial charge in [-0.3, -0.25) is 0 Å². The minimum Gasteiger partial charge on any atom is -0.486 e. The Morgan fingerprint density at radius 1 is 1.07 bits per heavy atom. The lowest BCUT2D eigenvalue weighted by molar-refractivity contribution is 0.0730. The van der Waals surface area contributed by atoms with Crippen molar-refractivity contribution in [2.75, 3.05) is 39.5 Å². The Morgan fingerprint density at radius 3 is 2.46 bits per heavy atom. The van der Waals surface area contributed by atoms with Crippen molar-refractivity contribution < 1.29 is 22.6 Å². The molecule has 1 saturated heterocycles. The molecule has 1 aromatic heterocycles. The number of benzene rings is 1. The van der Waals surface area contributed by atoms with E-state index in [2.05, 4.69) is 20.9 Å². The smallest absolute Gasteiger partial charge is 0.244 e. The van der Waals surface area contributed by atoms with E-state index < -0.39 is 10.0 Å². The molecule has 0 unspecified atom stereocenters. The molecule has 0 atom stereocenters. The molecular formula is C18H19BrN2O5S2. The topological polar surface area (TPSA) is 78.0 Å². The maximum Gasteiger partial charge on any atom is 0.244 e. The van der Waals surface area contributed by atoms with Gasteiger partial charge in [0.1, 0.15) is 18.1 Å². The third-order valence-corrected chi connectivity index (χ3v) is 8.02. The lowest BCUT2D eigenvalue weighted by Gasteiger charge is -2.25. The molecule has 10 heteroatoms. The highest BCUT2D eigenvalue weighted by atomic mass is 79.9. The number of pyridine rings is 1. The Morgan fingerprint density at radius 2 is 1.79 bits per heavy atom. The number of sulfonamides is 1. The standard InChI is InChI=1S/C18H19BrN2O5S2/c19-15-10-17-16(25-7-8-26-17)9-13(15)12-27-18-2-1-14(11-20-18)28(22,23)21-3-5-24-6-4-21/h1-2,9-11H,3-8,12H2. The van der Waals surface area contributed by atoms with E-state index in [9.17, 15) is 8.42 Å². The number of rotatable bonds is 5. The first kappa shape index (κ1) is 20.0. The minimum absolute atomic E-state index is 0.208. The molecule has 3 heterocycles. The number of morpholine rings is 1. The van der Waals surface area contributed by atoms with Gasteiger partial charge in [-0.05, 0) is 29.8 Å². The zero-order valence-electron chi connectivity index (χ0n) is 15.0. The van der Waals surface area contributed by atoms with Crippen molar-refractivity contribution >= 4 is 37.7 Å². The van der Waals surface area contributed by atoms with Gasteiger partial charge in [0.05, 0.1) is 18.2 Å². The van der Waals surface area contributed by atoms with Crippen molar-refractivity contribution in [3.8, 4) is 11.5 Å². The van der Waals surface area contributed by atoms with Gasteiger partial charge in [0.2, 0.25) is 10.0 Å². The Bertz CT molecular complexity index is 947. The van der Waals surface area contributed by atoms with Crippen LogP contribution in [0.2, 0.25) is 0 Å². The molecule has 1 fully saturated rings. The second-order valence-corrected chi connectivity index (χ2v) is 10.0. The van der Waals surface area contributed by atoms with E-state index >= 15 is 0 Å². The second kappa shape index (κ2) is 8.58. The van der Waals surface area contributed by atoms with Crippen LogP contribution in [0.5, 0.6) is 11.5 Å². The van der Waals surface area contributed by atoms with E-state index in [1.54, 1.807) is 12.1 Å². The van der Waals surface area contributed by atoms with Crippen molar-refractivity contribution in [2.45, 2.75) is 15.7 Å². The normalized spacial score (nSPS) is 17.5. The fourth-order valence-corrected chi connectivity index (χ4v) is 5.74. The average molecular weight is 487 g/mol. The highest BCUT2D eigenvalue weighted by molar-refractivity contribution is 9.10. The molecule has 0 saturated carbocycles. The highest BCUT2D eigenvalue weighted by Crippen LogP contribution is 2.37. The van der Waals surface area contributed by atoms with Crippen molar-refractivity contribution in [1.29, 1.82) is 0 Å². The van der Waals surface area contributed by atoms with Crippen LogP contribution in [-0.2, 0) is 20.5 Å². The number of nitrogens with zero attached hydrogens (tertiary/aromatic N) is 2. The first-order valence-corrected chi connectivity index (χ1v) is 12.0. The van der Waals surface area contributed by atoms with Crippen molar-refractivity contribution in [3.05, 3.63) is 40.5 Å². The summed E-state index contributed by atoms with van der Waals surface area (Å²) in [5.41, 5.74) is 1.06. The largest absolute Gasteiger partial charge is 0.486 e. The average Bonchev–Trinajstić information content (AvgIpc) is 2.73. The molecule has 4 rings (SSSR count). The van der Waals surface area contributed by atoms with Gasteiger partial charge in [0.25, 0.3) is 0 Å². The summed E-state index contributed by atoms with van der Waals surface area (Å²) < 4.78 is 44.1. The van der Waals surface area contributed by atoms with Crippen molar-refractivity contribution in [2.24, 2.45) is 0 Å². The Hall–Kier alpha value is -1.33. The summed E-state index contributed by atoms with van der Waals surface area (Å²) in [7, 11) is -3.52. The van der Waals surface area contributed by atoms with Crippen LogP contribution in [-0.4, -0.2) is 57.2 Å². The van der Waals surface area contributed by atoms with E-state index in [4.69, 9.17) is 14.2 Å². The molecule has 2 aromatic rings. The summed E-state index contributed by atoms with van der Waals surface area (Å²) in [5, 5.41) is 0.753. The van der Waals surface area contributed by atoms with Crippen LogP contribution < -0.4 is 9.47 Å². The van der Waals surface area contributed by atoms with E-state index in [1.165, 1.54) is 22.3 Å². The number of ether oxygens (including phenoxy) is 3. The molecule has 150 valence electrons. The monoisotopic (exact) mass is 486 g/mol. The van der Waals surface area contributed by atoms with Gasteiger partial charge in [-0.1, -0.05) is 15.9 Å². The molecule has 2 aliphatic rings. The maximum absolute atomic E-state index is 12.7. The van der Waals surface area contributed by atoms with Crippen LogP contribution in [0.15, 0.2) is 44.9 Å². The summed E-state index contributed by atoms with van der Waals surface area (Å²) >= 11 is 5.09. The molecule has 0 bridgehead atoms. The van der Waals surface area contributed by atoms with Crippen LogP contribution in [0.3, 0.4) is 0 Å². The number of aromatic nitrogens is 1. The molecule has 7 nitrogen and oxygen atoms in total. The first-order valence-electron chi connectivity index (χ1n) is 8.79. The maximum atomic E-state index is 12.7. The van der Waals surface area contributed by atoms with E-state index in [0.29, 0.717) is 45.3 Å². The van der Waals surface area contributed by atoms with E-state index in [0.717, 1.165) is 26.6 Å². The fourth-order valence-electron chi connectivity index (χ4n) is 2.91. The highest BCUT2D eigenvalue weighted by Gasteiger charge is 2.26. The van der Waals surface area contributed by atoms with Gasteiger partial charge >= 0.3 is 0 Å². The summed E-state index contributed by atoms with van der Waals surface area (Å²) in [5.74, 6) is 2.15. The summed E-state index contributed by atoms with van der Waals surface area (Å²) in [6.45, 7) is 2.68. The molecule has 0 N–H and O–H groups in total. The lowest BCUT2D eigenvalue weighted by atomic mass is 10.2. The van der Waals surface area contributed by atoms with Crippen LogP contribution in [0.4, 0.5) is 0 Å². The molecule has 0 amide bonds. The third kappa shape index (κ3) is 4.30. The van der Waals surface area contributed by atoms with Gasteiger partial charge in [-0.15, -0.1) is 11.8 Å². The second-order valence-electron chi connectivity index (χ2n) is 6.22. The van der Waals surface area contributed by atoms with Crippen LogP contribution in [0.25, 0.3) is 0 Å². The Kier molecular flexibility index (Phi) is 6.12. The van der Waals surface area contributed by atoms with Gasteiger partial charge < -0.3 is 14.2 Å².